The van der Waals surface area contributed by atoms with Gasteiger partial charge in [-0.05, 0) is 44.7 Å². The molecule has 5 nitrogen and oxygen atoms in total. The van der Waals surface area contributed by atoms with Crippen molar-refractivity contribution in [3.63, 3.8) is 0 Å². The minimum Gasteiger partial charge on any atom is -0.481 e. The second-order valence-electron chi connectivity index (χ2n) is 5.98. The summed E-state index contributed by atoms with van der Waals surface area (Å²) in [7, 11) is 0. The fourth-order valence-electron chi connectivity index (χ4n) is 3.12. The Balaban J connectivity index is 2.03. The van der Waals surface area contributed by atoms with Crippen LogP contribution in [0.25, 0.3) is 0 Å². The van der Waals surface area contributed by atoms with Gasteiger partial charge in [0, 0.05) is 0 Å². The van der Waals surface area contributed by atoms with E-state index >= 15 is 0 Å². The van der Waals surface area contributed by atoms with Gasteiger partial charge < -0.3 is 14.8 Å². The van der Waals surface area contributed by atoms with Crippen molar-refractivity contribution in [2.75, 3.05) is 0 Å². The molecule has 0 spiro atoms. The first-order valence-electron chi connectivity index (χ1n) is 7.51. The van der Waals surface area contributed by atoms with Crippen LogP contribution in [-0.4, -0.2) is 17.0 Å². The van der Waals surface area contributed by atoms with Crippen molar-refractivity contribution in [3.8, 4) is 0 Å². The van der Waals surface area contributed by atoms with Crippen LogP contribution in [0.4, 0.5) is 0 Å². The van der Waals surface area contributed by atoms with Crippen molar-refractivity contribution in [2.24, 2.45) is 17.8 Å². The number of hydrogen-bond donors (Lipinski definition) is 2. The molecule has 21 heavy (non-hydrogen) atoms. The van der Waals surface area contributed by atoms with Gasteiger partial charge in [0.2, 0.25) is 5.91 Å². The second-order valence-corrected chi connectivity index (χ2v) is 5.98. The third-order valence-electron chi connectivity index (χ3n) is 4.44. The minimum atomic E-state index is -0.868. The molecule has 1 amide bonds. The Labute approximate surface area is 124 Å². The van der Waals surface area contributed by atoms with Gasteiger partial charge in [0.05, 0.1) is 17.9 Å². The van der Waals surface area contributed by atoms with Crippen molar-refractivity contribution in [3.05, 3.63) is 23.7 Å². The van der Waals surface area contributed by atoms with Crippen LogP contribution >= 0.6 is 0 Å². The molecule has 5 heteroatoms. The molecule has 2 unspecified atom stereocenters. The molecule has 1 fully saturated rings. The zero-order valence-corrected chi connectivity index (χ0v) is 12.8. The van der Waals surface area contributed by atoms with Gasteiger partial charge in [-0.15, -0.1) is 0 Å². The SMILES string of the molecule is CCC1C[C@H](C(=O)NC(C)c2ccc(C)o2)[C@H](C(=O)O)C1. The molecule has 0 aromatic carbocycles. The second kappa shape index (κ2) is 6.33. The summed E-state index contributed by atoms with van der Waals surface area (Å²) in [6, 6.07) is 3.43. The molecule has 1 aromatic heterocycles. The summed E-state index contributed by atoms with van der Waals surface area (Å²) in [5.74, 6) is -0.249. The normalized spacial score (nSPS) is 26.5. The average molecular weight is 293 g/mol. The van der Waals surface area contributed by atoms with Crippen LogP contribution in [0.2, 0.25) is 0 Å². The lowest BCUT2D eigenvalue weighted by molar-refractivity contribution is -0.146. The van der Waals surface area contributed by atoms with Gasteiger partial charge in [0.15, 0.2) is 0 Å². The highest BCUT2D eigenvalue weighted by molar-refractivity contribution is 5.85. The van der Waals surface area contributed by atoms with Crippen LogP contribution in [0.3, 0.4) is 0 Å². The predicted molar refractivity (Wildman–Crippen MR) is 77.6 cm³/mol. The number of aryl methyl sites for hydroxylation is 1. The summed E-state index contributed by atoms with van der Waals surface area (Å²) >= 11 is 0. The third kappa shape index (κ3) is 3.46. The topological polar surface area (TPSA) is 79.5 Å². The molecule has 2 rings (SSSR count). The Kier molecular flexibility index (Phi) is 4.70. The van der Waals surface area contributed by atoms with Crippen LogP contribution in [0, 0.1) is 24.7 Å². The number of hydrogen-bond acceptors (Lipinski definition) is 3. The number of carboxylic acid groups (broad SMARTS) is 1. The summed E-state index contributed by atoms with van der Waals surface area (Å²) in [5, 5.41) is 12.2. The van der Waals surface area contributed by atoms with Crippen molar-refractivity contribution in [1.29, 1.82) is 0 Å². The molecule has 1 saturated carbocycles. The first kappa shape index (κ1) is 15.6. The number of carboxylic acids is 1. The number of carbonyl (C=O) groups excluding carboxylic acids is 1. The molecule has 1 aliphatic carbocycles. The van der Waals surface area contributed by atoms with E-state index in [0.29, 0.717) is 24.5 Å². The van der Waals surface area contributed by atoms with E-state index in [4.69, 9.17) is 4.42 Å². The number of furan rings is 1. The number of rotatable bonds is 5. The van der Waals surface area contributed by atoms with Crippen molar-refractivity contribution >= 4 is 11.9 Å². The van der Waals surface area contributed by atoms with E-state index in [1.807, 2.05) is 32.9 Å². The molecule has 0 bridgehead atoms. The van der Waals surface area contributed by atoms with Crippen LogP contribution in [0.15, 0.2) is 16.5 Å². The first-order valence-corrected chi connectivity index (χ1v) is 7.51. The maximum Gasteiger partial charge on any atom is 0.307 e. The van der Waals surface area contributed by atoms with Gasteiger partial charge in [0.25, 0.3) is 0 Å². The van der Waals surface area contributed by atoms with Crippen LogP contribution in [0.1, 0.15) is 50.7 Å². The quantitative estimate of drug-likeness (QED) is 0.874. The number of aliphatic carboxylic acids is 1. The first-order chi connectivity index (χ1) is 9.92. The molecule has 2 N–H and O–H groups in total. The van der Waals surface area contributed by atoms with Gasteiger partial charge in [-0.3, -0.25) is 9.59 Å². The van der Waals surface area contributed by atoms with E-state index in [0.717, 1.165) is 12.2 Å². The summed E-state index contributed by atoms with van der Waals surface area (Å²) in [6.07, 6.45) is 2.17. The molecular formula is C16H23NO4. The van der Waals surface area contributed by atoms with E-state index in [2.05, 4.69) is 5.32 Å². The van der Waals surface area contributed by atoms with Crippen molar-refractivity contribution in [2.45, 2.75) is 46.1 Å². The van der Waals surface area contributed by atoms with E-state index < -0.39 is 17.8 Å². The number of carbonyl (C=O) groups is 2. The molecule has 1 aliphatic rings. The smallest absolute Gasteiger partial charge is 0.307 e. The van der Waals surface area contributed by atoms with E-state index in [1.54, 1.807) is 0 Å². The summed E-state index contributed by atoms with van der Waals surface area (Å²) in [6.45, 7) is 5.73. The Morgan fingerprint density at radius 1 is 1.38 bits per heavy atom. The Bertz CT molecular complexity index is 522. The van der Waals surface area contributed by atoms with E-state index in [1.165, 1.54) is 0 Å². The van der Waals surface area contributed by atoms with E-state index in [9.17, 15) is 14.7 Å². The molecule has 0 saturated heterocycles. The average Bonchev–Trinajstić information content (AvgIpc) is 3.04. The molecule has 1 aromatic rings. The Morgan fingerprint density at radius 3 is 2.57 bits per heavy atom. The standard InChI is InChI=1S/C16H23NO4/c1-4-11-7-12(13(8-11)16(19)20)15(18)17-10(3)14-6-5-9(2)21-14/h5-6,10-13H,4,7-8H2,1-3H3,(H,17,18)(H,19,20)/t10?,11?,12-,13+/m0/s1. The van der Waals surface area contributed by atoms with Gasteiger partial charge in [-0.25, -0.2) is 0 Å². The molecule has 4 atom stereocenters. The van der Waals surface area contributed by atoms with Gasteiger partial charge in [-0.1, -0.05) is 13.3 Å². The Morgan fingerprint density at radius 2 is 2.05 bits per heavy atom. The van der Waals surface area contributed by atoms with Gasteiger partial charge >= 0.3 is 5.97 Å². The maximum atomic E-state index is 12.4. The summed E-state index contributed by atoms with van der Waals surface area (Å²) in [5.41, 5.74) is 0. The number of nitrogens with one attached hydrogen (secondary N) is 1. The van der Waals surface area contributed by atoms with E-state index in [-0.39, 0.29) is 11.9 Å². The monoisotopic (exact) mass is 293 g/mol. The zero-order valence-electron chi connectivity index (χ0n) is 12.8. The lowest BCUT2D eigenvalue weighted by Gasteiger charge is -2.18. The van der Waals surface area contributed by atoms with Gasteiger partial charge in [-0.2, -0.15) is 0 Å². The van der Waals surface area contributed by atoms with Crippen LogP contribution in [0.5, 0.6) is 0 Å². The minimum absolute atomic E-state index is 0.181. The lowest BCUT2D eigenvalue weighted by Crippen LogP contribution is -2.36. The number of amides is 1. The molecule has 0 aliphatic heterocycles. The summed E-state index contributed by atoms with van der Waals surface area (Å²) in [4.78, 5) is 23.7. The van der Waals surface area contributed by atoms with Gasteiger partial charge in [0.1, 0.15) is 11.5 Å². The third-order valence-corrected chi connectivity index (χ3v) is 4.44. The van der Waals surface area contributed by atoms with Crippen molar-refractivity contribution in [1.82, 2.24) is 5.32 Å². The predicted octanol–water partition coefficient (Wildman–Crippen LogP) is 2.90. The molecular weight excluding hydrogens is 270 g/mol. The molecule has 1 heterocycles. The van der Waals surface area contributed by atoms with Crippen LogP contribution in [-0.2, 0) is 9.59 Å². The molecule has 0 radical (unpaired) electrons. The Hall–Kier alpha value is -1.78. The summed E-state index contributed by atoms with van der Waals surface area (Å²) < 4.78 is 5.49. The fraction of sp³-hybridized carbons (Fsp3) is 0.625. The zero-order chi connectivity index (χ0) is 15.6. The highest BCUT2D eigenvalue weighted by atomic mass is 16.4. The fourth-order valence-corrected chi connectivity index (χ4v) is 3.12. The molecule has 116 valence electrons. The maximum absolute atomic E-state index is 12.4. The van der Waals surface area contributed by atoms with Crippen molar-refractivity contribution < 1.29 is 19.1 Å². The highest BCUT2D eigenvalue weighted by Crippen LogP contribution is 2.38. The largest absolute Gasteiger partial charge is 0.481 e. The van der Waals surface area contributed by atoms with Crippen LogP contribution < -0.4 is 5.32 Å². The highest BCUT2D eigenvalue weighted by Gasteiger charge is 2.42. The lowest BCUT2D eigenvalue weighted by atomic mass is 9.95.